The van der Waals surface area contributed by atoms with Crippen LogP contribution in [-0.2, 0) is 11.2 Å². The summed E-state index contributed by atoms with van der Waals surface area (Å²) >= 11 is 1.03. The van der Waals surface area contributed by atoms with E-state index >= 15 is 0 Å². The van der Waals surface area contributed by atoms with E-state index in [0.29, 0.717) is 17.2 Å². The van der Waals surface area contributed by atoms with E-state index in [1.807, 2.05) is 30.3 Å². The fraction of sp³-hybridized carbons (Fsp3) is 0.333. The first-order valence-electron chi connectivity index (χ1n) is 9.84. The summed E-state index contributed by atoms with van der Waals surface area (Å²) in [6, 6.07) is 9.73. The number of thioether (sulfide) groups is 1. The number of rotatable bonds is 3. The Hall–Kier alpha value is -2.91. The van der Waals surface area contributed by atoms with Crippen LogP contribution in [-0.4, -0.2) is 60.3 Å². The molecule has 0 saturated carbocycles. The van der Waals surface area contributed by atoms with Gasteiger partial charge in [-0.25, -0.2) is 0 Å². The molecule has 1 amide bonds. The van der Waals surface area contributed by atoms with E-state index in [-0.39, 0.29) is 11.1 Å². The van der Waals surface area contributed by atoms with Crippen LogP contribution in [0.5, 0.6) is 5.75 Å². The molecule has 0 spiro atoms. The number of hydrogen-bond acceptors (Lipinski definition) is 8. The highest BCUT2D eigenvalue weighted by Crippen LogP contribution is 2.31. The molecule has 30 heavy (non-hydrogen) atoms. The molecule has 1 aromatic heterocycles. The summed E-state index contributed by atoms with van der Waals surface area (Å²) in [5.41, 5.74) is 2.63. The molecule has 0 aliphatic carbocycles. The van der Waals surface area contributed by atoms with Gasteiger partial charge in [-0.15, -0.1) is 0 Å². The van der Waals surface area contributed by atoms with Gasteiger partial charge in [-0.1, -0.05) is 18.2 Å². The van der Waals surface area contributed by atoms with E-state index in [1.54, 1.807) is 19.4 Å². The molecule has 3 N–H and O–H groups in total. The fourth-order valence-corrected chi connectivity index (χ4v) is 4.28. The lowest BCUT2D eigenvalue weighted by Crippen LogP contribution is -2.43. The number of aromatic nitrogens is 1. The van der Waals surface area contributed by atoms with Crippen molar-refractivity contribution in [3.8, 4) is 5.75 Å². The number of para-hydroxylation sites is 1. The van der Waals surface area contributed by atoms with Crippen molar-refractivity contribution >= 4 is 39.1 Å². The standard InChI is InChI=1S/C21H24N6O2S/c1-23-21(18-12-14-4-2-3-5-17(14)29-18)30-19(22)20(28)26-15-13-25-7-6-16(15)27-10-8-24-9-11-27/h2-7,13,18,22,24H,8-12H2,1H3,(H,26,28)/b22-19?,23-21-. The monoisotopic (exact) mass is 424 g/mol. The van der Waals surface area contributed by atoms with Crippen LogP contribution in [0.15, 0.2) is 47.7 Å². The Morgan fingerprint density at radius 1 is 1.33 bits per heavy atom. The number of carbonyl (C=O) groups is 1. The third kappa shape index (κ3) is 4.47. The second-order valence-electron chi connectivity index (χ2n) is 7.00. The molecule has 1 aromatic carbocycles. The van der Waals surface area contributed by atoms with E-state index in [9.17, 15) is 4.79 Å². The van der Waals surface area contributed by atoms with E-state index in [0.717, 1.165) is 54.9 Å². The van der Waals surface area contributed by atoms with Gasteiger partial charge in [-0.05, 0) is 29.5 Å². The Bertz CT molecular complexity index is 948. The molecule has 156 valence electrons. The maximum Gasteiger partial charge on any atom is 0.280 e. The molecule has 0 radical (unpaired) electrons. The Morgan fingerprint density at radius 3 is 2.90 bits per heavy atom. The molecule has 4 rings (SSSR count). The zero-order valence-corrected chi connectivity index (χ0v) is 17.5. The van der Waals surface area contributed by atoms with Crippen molar-refractivity contribution in [2.75, 3.05) is 43.4 Å². The average Bonchev–Trinajstić information content (AvgIpc) is 3.22. The van der Waals surface area contributed by atoms with Crippen LogP contribution in [0, 0.1) is 5.41 Å². The van der Waals surface area contributed by atoms with Crippen molar-refractivity contribution in [3.63, 3.8) is 0 Å². The van der Waals surface area contributed by atoms with E-state index in [4.69, 9.17) is 10.1 Å². The maximum atomic E-state index is 12.7. The quantitative estimate of drug-likeness (QED) is 0.516. The molecule has 9 heteroatoms. The minimum Gasteiger partial charge on any atom is -0.483 e. The lowest BCUT2D eigenvalue weighted by Gasteiger charge is -2.30. The Balaban J connectivity index is 1.40. The largest absolute Gasteiger partial charge is 0.483 e. The normalized spacial score (nSPS) is 18.5. The SMILES string of the molecule is C/N=C(\SC(=N)C(=O)Nc1cnccc1N1CCNCC1)C1Cc2ccccc2O1. The molecule has 3 heterocycles. The summed E-state index contributed by atoms with van der Waals surface area (Å²) in [5.74, 6) is 0.345. The van der Waals surface area contributed by atoms with Crippen molar-refractivity contribution in [1.29, 1.82) is 5.41 Å². The topological polar surface area (TPSA) is 103 Å². The first-order chi connectivity index (χ1) is 14.7. The van der Waals surface area contributed by atoms with Crippen LogP contribution in [0.2, 0.25) is 0 Å². The molecule has 0 bridgehead atoms. The number of anilines is 2. The summed E-state index contributed by atoms with van der Waals surface area (Å²) in [5, 5.41) is 14.9. The molecule has 2 aromatic rings. The lowest BCUT2D eigenvalue weighted by molar-refractivity contribution is -0.110. The van der Waals surface area contributed by atoms with Crippen LogP contribution in [0.3, 0.4) is 0 Å². The van der Waals surface area contributed by atoms with Gasteiger partial charge in [0.1, 0.15) is 10.8 Å². The van der Waals surface area contributed by atoms with E-state index in [2.05, 4.69) is 25.5 Å². The van der Waals surface area contributed by atoms with Crippen molar-refractivity contribution in [2.45, 2.75) is 12.5 Å². The number of amides is 1. The predicted octanol–water partition coefficient (Wildman–Crippen LogP) is 2.17. The predicted molar refractivity (Wildman–Crippen MR) is 121 cm³/mol. The maximum absolute atomic E-state index is 12.7. The van der Waals surface area contributed by atoms with Gasteiger partial charge in [0.15, 0.2) is 11.1 Å². The average molecular weight is 425 g/mol. The summed E-state index contributed by atoms with van der Waals surface area (Å²) in [6.45, 7) is 3.49. The number of ether oxygens (including phenoxy) is 1. The van der Waals surface area contributed by atoms with Crippen molar-refractivity contribution in [3.05, 3.63) is 48.3 Å². The van der Waals surface area contributed by atoms with Gasteiger partial charge in [0.25, 0.3) is 5.91 Å². The molecule has 1 fully saturated rings. The smallest absolute Gasteiger partial charge is 0.280 e. The van der Waals surface area contributed by atoms with Gasteiger partial charge in [-0.2, -0.15) is 0 Å². The highest BCUT2D eigenvalue weighted by molar-refractivity contribution is 8.28. The first-order valence-corrected chi connectivity index (χ1v) is 10.7. The number of nitrogens with zero attached hydrogens (tertiary/aromatic N) is 3. The van der Waals surface area contributed by atoms with Crippen molar-refractivity contribution < 1.29 is 9.53 Å². The Kier molecular flexibility index (Phi) is 6.29. The molecular weight excluding hydrogens is 400 g/mol. The molecule has 8 nitrogen and oxygen atoms in total. The molecule has 2 aliphatic rings. The van der Waals surface area contributed by atoms with E-state index in [1.165, 1.54) is 0 Å². The van der Waals surface area contributed by atoms with Crippen LogP contribution in [0.25, 0.3) is 0 Å². The number of fused-ring (bicyclic) bond motifs is 1. The van der Waals surface area contributed by atoms with Gasteiger partial charge in [0.2, 0.25) is 0 Å². The van der Waals surface area contributed by atoms with Crippen LogP contribution >= 0.6 is 11.8 Å². The highest BCUT2D eigenvalue weighted by Gasteiger charge is 2.29. The van der Waals surface area contributed by atoms with Gasteiger partial charge in [-0.3, -0.25) is 20.2 Å². The molecule has 1 atom stereocenters. The van der Waals surface area contributed by atoms with Gasteiger partial charge in [0.05, 0.1) is 17.6 Å². The number of hydrogen-bond donors (Lipinski definition) is 3. The van der Waals surface area contributed by atoms with Crippen molar-refractivity contribution in [1.82, 2.24) is 10.3 Å². The molecule has 1 saturated heterocycles. The number of piperazine rings is 1. The number of aliphatic imine (C=N–C) groups is 1. The summed E-state index contributed by atoms with van der Waals surface area (Å²) < 4.78 is 5.95. The summed E-state index contributed by atoms with van der Waals surface area (Å²) in [4.78, 5) is 23.3. The number of nitrogens with one attached hydrogen (secondary N) is 3. The van der Waals surface area contributed by atoms with E-state index < -0.39 is 5.91 Å². The molecule has 1 unspecified atom stereocenters. The third-order valence-electron chi connectivity index (χ3n) is 5.06. The lowest BCUT2D eigenvalue weighted by atomic mass is 10.1. The number of pyridine rings is 1. The minimum absolute atomic E-state index is 0.134. The van der Waals surface area contributed by atoms with Crippen LogP contribution in [0.4, 0.5) is 11.4 Å². The second-order valence-corrected chi connectivity index (χ2v) is 8.03. The van der Waals surface area contributed by atoms with Crippen LogP contribution < -0.4 is 20.3 Å². The molecule has 2 aliphatic heterocycles. The fourth-order valence-electron chi connectivity index (χ4n) is 3.57. The highest BCUT2D eigenvalue weighted by atomic mass is 32.2. The zero-order valence-electron chi connectivity index (χ0n) is 16.7. The van der Waals surface area contributed by atoms with Gasteiger partial charge >= 0.3 is 0 Å². The van der Waals surface area contributed by atoms with Gasteiger partial charge in [0, 0.05) is 45.8 Å². The summed E-state index contributed by atoms with van der Waals surface area (Å²) in [6.07, 6.45) is 3.74. The third-order valence-corrected chi connectivity index (χ3v) is 6.10. The number of carbonyl (C=O) groups excluding carboxylic acids is 1. The zero-order chi connectivity index (χ0) is 20.9. The summed E-state index contributed by atoms with van der Waals surface area (Å²) in [7, 11) is 1.66. The Morgan fingerprint density at radius 2 is 2.13 bits per heavy atom. The second kappa shape index (κ2) is 9.27. The number of benzene rings is 1. The first kappa shape index (κ1) is 20.4. The van der Waals surface area contributed by atoms with Gasteiger partial charge < -0.3 is 20.3 Å². The Labute approximate surface area is 179 Å². The van der Waals surface area contributed by atoms with Crippen molar-refractivity contribution in [2.24, 2.45) is 4.99 Å². The minimum atomic E-state index is -0.485. The van der Waals surface area contributed by atoms with Crippen LogP contribution in [0.1, 0.15) is 5.56 Å². The molecular formula is C21H24N6O2S.